The summed E-state index contributed by atoms with van der Waals surface area (Å²) in [7, 11) is 0. The predicted octanol–water partition coefficient (Wildman–Crippen LogP) is 6.57. The van der Waals surface area contributed by atoms with E-state index in [1.807, 2.05) is 4.42 Å². The molecule has 0 unspecified atom stereocenters. The first-order chi connectivity index (χ1) is 17.1. The number of halogens is 1. The van der Waals surface area contributed by atoms with Gasteiger partial charge in [-0.3, -0.25) is 0 Å². The summed E-state index contributed by atoms with van der Waals surface area (Å²) in [6.07, 6.45) is 10.3. The van der Waals surface area contributed by atoms with E-state index in [2.05, 4.69) is 84.4 Å². The smallest absolute Gasteiger partial charge is 0.230 e. The lowest BCUT2D eigenvalue weighted by molar-refractivity contribution is 0.0439. The third-order valence-corrected chi connectivity index (χ3v) is 9.06. The molecule has 0 aromatic carbocycles. The first-order valence-electron chi connectivity index (χ1n) is 14.6. The molecule has 0 bridgehead atoms. The third kappa shape index (κ3) is 7.48. The molecule has 8 heteroatoms. The maximum absolute atomic E-state index is 6.83. The van der Waals surface area contributed by atoms with Crippen molar-refractivity contribution in [1.82, 2.24) is 24.7 Å². The summed E-state index contributed by atoms with van der Waals surface area (Å²) in [5.41, 5.74) is -0.110. The minimum atomic E-state index is -0.117. The molecule has 0 radical (unpaired) electrons. The van der Waals surface area contributed by atoms with Crippen molar-refractivity contribution in [1.29, 1.82) is 0 Å². The number of unbranched alkanes of at least 4 members (excludes halogenated alkanes) is 2. The fourth-order valence-electron chi connectivity index (χ4n) is 7.02. The van der Waals surface area contributed by atoms with E-state index in [-0.39, 0.29) is 22.2 Å². The number of anilines is 2. The van der Waals surface area contributed by atoms with Gasteiger partial charge in [-0.1, -0.05) is 26.7 Å². The summed E-state index contributed by atoms with van der Waals surface area (Å²) in [5.74, 6) is 1.64. The van der Waals surface area contributed by atoms with Crippen LogP contribution in [0.25, 0.3) is 0 Å². The maximum Gasteiger partial charge on any atom is 0.230 e. The van der Waals surface area contributed by atoms with E-state index in [4.69, 9.17) is 26.7 Å². The summed E-state index contributed by atoms with van der Waals surface area (Å²) in [4.78, 5) is 19.7. The van der Waals surface area contributed by atoms with Crippen molar-refractivity contribution < 1.29 is 0 Å². The SMILES string of the molecule is CCCCN(c1ncnc(N(CCCC)C2CC(C)(C)N(Cl)C(C)(C)C2)n1)C1CC(C)(C)NC(C)(C)C1. The van der Waals surface area contributed by atoms with Gasteiger partial charge in [-0.15, -0.1) is 0 Å². The van der Waals surface area contributed by atoms with Gasteiger partial charge in [0, 0.05) is 47.3 Å². The van der Waals surface area contributed by atoms with Crippen LogP contribution in [-0.2, 0) is 0 Å². The zero-order valence-electron chi connectivity index (χ0n) is 25.4. The molecule has 2 fully saturated rings. The van der Waals surface area contributed by atoms with Gasteiger partial charge < -0.3 is 15.1 Å². The standard InChI is InChI=1S/C29H54ClN7/c1-11-13-15-35(22-17-26(3,4)34-27(5,6)18-22)24-31-21-32-25(33-24)36(16-14-12-2)23-19-28(7,8)37(30)29(9,10)20-23/h21-23,34H,11-20H2,1-10H3. The largest absolute Gasteiger partial charge is 0.338 e. The monoisotopic (exact) mass is 535 g/mol. The molecule has 0 spiro atoms. The minimum Gasteiger partial charge on any atom is -0.338 e. The van der Waals surface area contributed by atoms with Gasteiger partial charge in [0.2, 0.25) is 11.9 Å². The Morgan fingerprint density at radius 3 is 1.59 bits per heavy atom. The number of piperidine rings is 2. The Labute approximate surface area is 232 Å². The molecule has 2 saturated heterocycles. The van der Waals surface area contributed by atoms with Gasteiger partial charge in [0.25, 0.3) is 0 Å². The van der Waals surface area contributed by atoms with Gasteiger partial charge in [0.1, 0.15) is 6.33 Å². The molecule has 3 rings (SSSR count). The van der Waals surface area contributed by atoms with Crippen molar-refractivity contribution in [2.24, 2.45) is 0 Å². The minimum absolute atomic E-state index is 0.0621. The Kier molecular flexibility index (Phi) is 9.45. The zero-order valence-corrected chi connectivity index (χ0v) is 26.1. The third-order valence-electron chi connectivity index (χ3n) is 8.15. The lowest BCUT2D eigenvalue weighted by atomic mass is 9.79. The van der Waals surface area contributed by atoms with Crippen LogP contribution in [0.15, 0.2) is 6.33 Å². The second-order valence-electron chi connectivity index (χ2n) is 14.1. The summed E-state index contributed by atoms with van der Waals surface area (Å²) >= 11 is 6.83. The first kappa shape index (κ1) is 30.4. The van der Waals surface area contributed by atoms with Crippen molar-refractivity contribution >= 4 is 23.7 Å². The van der Waals surface area contributed by atoms with E-state index in [9.17, 15) is 0 Å². The van der Waals surface area contributed by atoms with Gasteiger partial charge in [0.15, 0.2) is 0 Å². The Hall–Kier alpha value is -1.18. The van der Waals surface area contributed by atoms with E-state index in [1.165, 1.54) is 0 Å². The second kappa shape index (κ2) is 11.5. The number of hydrogen-bond donors (Lipinski definition) is 1. The lowest BCUT2D eigenvalue weighted by Crippen LogP contribution is -2.62. The Balaban J connectivity index is 1.97. The highest BCUT2D eigenvalue weighted by atomic mass is 35.5. The van der Waals surface area contributed by atoms with Crippen molar-refractivity contribution in [3.8, 4) is 0 Å². The topological polar surface area (TPSA) is 60.4 Å². The number of nitrogens with one attached hydrogen (secondary N) is 1. The van der Waals surface area contributed by atoms with E-state index >= 15 is 0 Å². The van der Waals surface area contributed by atoms with Crippen molar-refractivity contribution in [2.45, 2.75) is 155 Å². The molecular weight excluding hydrogens is 482 g/mol. The molecule has 0 saturated carbocycles. The molecule has 2 aliphatic rings. The highest BCUT2D eigenvalue weighted by Crippen LogP contribution is 2.42. The number of aromatic nitrogens is 3. The molecule has 7 nitrogen and oxygen atoms in total. The fraction of sp³-hybridized carbons (Fsp3) is 0.897. The summed E-state index contributed by atoms with van der Waals surface area (Å²) in [6.45, 7) is 24.7. The molecule has 3 heterocycles. The van der Waals surface area contributed by atoms with Crippen LogP contribution < -0.4 is 15.1 Å². The van der Waals surface area contributed by atoms with Crippen LogP contribution in [0.5, 0.6) is 0 Å². The molecule has 1 aromatic heterocycles. The van der Waals surface area contributed by atoms with E-state index < -0.39 is 0 Å². The maximum atomic E-state index is 6.83. The number of rotatable bonds is 10. The molecule has 0 aliphatic carbocycles. The van der Waals surface area contributed by atoms with Gasteiger partial charge in [-0.25, -0.2) is 14.4 Å². The number of nitrogens with zero attached hydrogens (tertiary/aromatic N) is 6. The normalized spacial score (nSPS) is 23.6. The van der Waals surface area contributed by atoms with Gasteiger partial charge in [-0.2, -0.15) is 4.98 Å². The molecule has 1 aromatic rings. The molecule has 37 heavy (non-hydrogen) atoms. The van der Waals surface area contributed by atoms with Crippen molar-refractivity contribution in [3.63, 3.8) is 0 Å². The molecule has 0 amide bonds. The molecule has 1 N–H and O–H groups in total. The van der Waals surface area contributed by atoms with E-state index in [0.29, 0.717) is 12.1 Å². The summed E-state index contributed by atoms with van der Waals surface area (Å²) in [6, 6.07) is 0.706. The zero-order chi connectivity index (χ0) is 27.6. The lowest BCUT2D eigenvalue weighted by Gasteiger charge is -2.53. The van der Waals surface area contributed by atoms with Crippen LogP contribution >= 0.6 is 11.8 Å². The van der Waals surface area contributed by atoms with Crippen molar-refractivity contribution in [2.75, 3.05) is 22.9 Å². The van der Waals surface area contributed by atoms with Crippen LogP contribution in [0.2, 0.25) is 0 Å². The van der Waals surface area contributed by atoms with Gasteiger partial charge >= 0.3 is 0 Å². The second-order valence-corrected chi connectivity index (χ2v) is 14.4. The molecule has 2 aliphatic heterocycles. The highest BCUT2D eigenvalue weighted by Gasteiger charge is 2.47. The summed E-state index contributed by atoms with van der Waals surface area (Å²) < 4.78 is 2.03. The van der Waals surface area contributed by atoms with Crippen LogP contribution in [0.1, 0.15) is 121 Å². The molecule has 212 valence electrons. The quantitative estimate of drug-likeness (QED) is 0.340. The van der Waals surface area contributed by atoms with Crippen LogP contribution in [0, 0.1) is 0 Å². The predicted molar refractivity (Wildman–Crippen MR) is 158 cm³/mol. The Morgan fingerprint density at radius 2 is 1.19 bits per heavy atom. The highest BCUT2D eigenvalue weighted by molar-refractivity contribution is 6.14. The molecule has 0 atom stereocenters. The van der Waals surface area contributed by atoms with Crippen molar-refractivity contribution in [3.05, 3.63) is 6.33 Å². The summed E-state index contributed by atoms with van der Waals surface area (Å²) in [5, 5.41) is 3.84. The average molecular weight is 536 g/mol. The Morgan fingerprint density at radius 1 is 0.784 bits per heavy atom. The average Bonchev–Trinajstić information content (AvgIpc) is 2.76. The van der Waals surface area contributed by atoms with Gasteiger partial charge in [-0.05, 0) is 106 Å². The van der Waals surface area contributed by atoms with E-state index in [0.717, 1.165) is 76.4 Å². The van der Waals surface area contributed by atoms with Crippen LogP contribution in [0.3, 0.4) is 0 Å². The molecular formula is C29H54ClN7. The van der Waals surface area contributed by atoms with Crippen LogP contribution in [-0.4, -0.2) is 66.7 Å². The Bertz CT molecular complexity index is 851. The number of hydrogen-bond acceptors (Lipinski definition) is 7. The van der Waals surface area contributed by atoms with Crippen LogP contribution in [0.4, 0.5) is 11.9 Å². The van der Waals surface area contributed by atoms with Gasteiger partial charge in [0.05, 0.1) is 0 Å². The van der Waals surface area contributed by atoms with E-state index in [1.54, 1.807) is 6.33 Å². The fourth-order valence-corrected chi connectivity index (χ4v) is 7.16. The first-order valence-corrected chi connectivity index (χ1v) is 14.9.